The maximum Gasteiger partial charge on any atom is 0.137 e. The first-order chi connectivity index (χ1) is 5.00. The molecule has 0 rings (SSSR count). The predicted molar refractivity (Wildman–Crippen MR) is 47.6 cm³/mol. The molecule has 0 aliphatic rings. The quantitative estimate of drug-likeness (QED) is 0.577. The van der Waals surface area contributed by atoms with E-state index < -0.39 is 0 Å². The van der Waals surface area contributed by atoms with Gasteiger partial charge in [0.25, 0.3) is 0 Å². The number of nitrogens with zero attached hydrogens (tertiary/aromatic N) is 1. The molecule has 0 saturated heterocycles. The second-order valence-corrected chi connectivity index (χ2v) is 3.63. The minimum atomic E-state index is 0.0648. The molecule has 1 unspecified atom stereocenters. The topological polar surface area (TPSA) is 20.3 Å². The van der Waals surface area contributed by atoms with Gasteiger partial charge in [0.05, 0.1) is 6.04 Å². The minimum absolute atomic E-state index is 0.0648. The van der Waals surface area contributed by atoms with Crippen LogP contribution in [-0.2, 0) is 4.79 Å². The van der Waals surface area contributed by atoms with Gasteiger partial charge in [0.1, 0.15) is 6.29 Å². The van der Waals surface area contributed by atoms with E-state index in [2.05, 4.69) is 32.6 Å². The molecule has 0 fully saturated rings. The van der Waals surface area contributed by atoms with Gasteiger partial charge in [-0.2, -0.15) is 0 Å². The number of likely N-dealkylation sites (N-methyl/N-ethyl adjacent to an activating group) is 1. The summed E-state index contributed by atoms with van der Waals surface area (Å²) in [5.41, 5.74) is 0. The number of aldehydes is 1. The Hall–Kier alpha value is -0.370. The summed E-state index contributed by atoms with van der Waals surface area (Å²) in [5, 5.41) is 0. The van der Waals surface area contributed by atoms with Gasteiger partial charge in [-0.15, -0.1) is 0 Å². The number of hydrogen-bond donors (Lipinski definition) is 0. The van der Waals surface area contributed by atoms with Crippen LogP contribution >= 0.6 is 0 Å². The lowest BCUT2D eigenvalue weighted by Gasteiger charge is -2.29. The van der Waals surface area contributed by atoms with Crippen molar-refractivity contribution < 1.29 is 4.79 Å². The Balaban J connectivity index is 4.13. The number of carbonyl (C=O) groups is 1. The molecule has 0 aliphatic carbocycles. The summed E-state index contributed by atoms with van der Waals surface area (Å²) in [6.07, 6.45) is 1.03. The Morgan fingerprint density at radius 3 is 1.73 bits per heavy atom. The Morgan fingerprint density at radius 2 is 1.64 bits per heavy atom. The van der Waals surface area contributed by atoms with Crippen LogP contribution < -0.4 is 0 Å². The first-order valence-corrected chi connectivity index (χ1v) is 4.18. The van der Waals surface area contributed by atoms with Crippen LogP contribution in [-0.4, -0.2) is 30.3 Å². The third kappa shape index (κ3) is 3.02. The van der Waals surface area contributed by atoms with E-state index in [0.29, 0.717) is 12.0 Å². The van der Waals surface area contributed by atoms with E-state index in [0.717, 1.165) is 6.29 Å². The van der Waals surface area contributed by atoms with Crippen LogP contribution in [0, 0.1) is 5.92 Å². The molecule has 11 heavy (non-hydrogen) atoms. The predicted octanol–water partition coefficient (Wildman–Crippen LogP) is 1.55. The molecule has 0 spiro atoms. The van der Waals surface area contributed by atoms with Crippen molar-refractivity contribution in [3.05, 3.63) is 0 Å². The van der Waals surface area contributed by atoms with Crippen LogP contribution in [0.3, 0.4) is 0 Å². The molecule has 2 heteroatoms. The van der Waals surface area contributed by atoms with Gasteiger partial charge in [-0.05, 0) is 26.8 Å². The highest BCUT2D eigenvalue weighted by Gasteiger charge is 2.19. The van der Waals surface area contributed by atoms with Crippen LogP contribution in [0.25, 0.3) is 0 Å². The molecule has 0 aromatic carbocycles. The van der Waals surface area contributed by atoms with Gasteiger partial charge in [-0.25, -0.2) is 0 Å². The lowest BCUT2D eigenvalue weighted by Crippen LogP contribution is -2.41. The van der Waals surface area contributed by atoms with Crippen LogP contribution in [0.5, 0.6) is 0 Å². The number of rotatable bonds is 4. The summed E-state index contributed by atoms with van der Waals surface area (Å²) in [5.74, 6) is 0.403. The third-order valence-corrected chi connectivity index (χ3v) is 2.11. The van der Waals surface area contributed by atoms with Gasteiger partial charge in [0, 0.05) is 6.04 Å². The molecule has 2 nitrogen and oxygen atoms in total. The molecule has 0 amide bonds. The van der Waals surface area contributed by atoms with E-state index in [9.17, 15) is 4.79 Å². The van der Waals surface area contributed by atoms with Gasteiger partial charge in [0.2, 0.25) is 0 Å². The zero-order chi connectivity index (χ0) is 9.02. The highest BCUT2D eigenvalue weighted by atomic mass is 16.1. The first kappa shape index (κ1) is 10.6. The van der Waals surface area contributed by atoms with Crippen molar-refractivity contribution in [1.82, 2.24) is 4.90 Å². The van der Waals surface area contributed by atoms with Crippen molar-refractivity contribution in [3.8, 4) is 0 Å². The SMILES string of the molecule is CC(C)C(C=O)N(C)C(C)C. The van der Waals surface area contributed by atoms with E-state index in [1.54, 1.807) is 0 Å². The molecule has 0 N–H and O–H groups in total. The second-order valence-electron chi connectivity index (χ2n) is 3.63. The molecule has 66 valence electrons. The second kappa shape index (κ2) is 4.50. The average molecular weight is 157 g/mol. The zero-order valence-electron chi connectivity index (χ0n) is 8.16. The summed E-state index contributed by atoms with van der Waals surface area (Å²) < 4.78 is 0. The average Bonchev–Trinajstić information content (AvgIpc) is 1.88. The molecular formula is C9H19NO. The van der Waals surface area contributed by atoms with E-state index in [-0.39, 0.29) is 6.04 Å². The summed E-state index contributed by atoms with van der Waals surface area (Å²) in [6, 6.07) is 0.502. The monoisotopic (exact) mass is 157 g/mol. The highest BCUT2D eigenvalue weighted by Crippen LogP contribution is 2.09. The van der Waals surface area contributed by atoms with Crippen molar-refractivity contribution in [3.63, 3.8) is 0 Å². The standard InChI is InChI=1S/C9H19NO/c1-7(2)9(6-11)10(5)8(3)4/h6-9H,1-5H3. The molecule has 0 bridgehead atoms. The van der Waals surface area contributed by atoms with Gasteiger partial charge in [0.15, 0.2) is 0 Å². The zero-order valence-corrected chi connectivity index (χ0v) is 8.16. The molecule has 0 aromatic rings. The van der Waals surface area contributed by atoms with Crippen molar-refractivity contribution in [1.29, 1.82) is 0 Å². The summed E-state index contributed by atoms with van der Waals surface area (Å²) in [7, 11) is 1.99. The molecule has 0 radical (unpaired) electrons. The Labute approximate surface area is 69.6 Å². The fourth-order valence-electron chi connectivity index (χ4n) is 1.07. The molecule has 0 heterocycles. The molecule has 0 aromatic heterocycles. The van der Waals surface area contributed by atoms with E-state index >= 15 is 0 Å². The van der Waals surface area contributed by atoms with Crippen molar-refractivity contribution in [2.75, 3.05) is 7.05 Å². The Kier molecular flexibility index (Phi) is 4.34. The van der Waals surface area contributed by atoms with Crippen LogP contribution in [0.1, 0.15) is 27.7 Å². The lowest BCUT2D eigenvalue weighted by atomic mass is 10.0. The van der Waals surface area contributed by atoms with E-state index in [1.165, 1.54) is 0 Å². The number of hydrogen-bond acceptors (Lipinski definition) is 2. The molecule has 1 atom stereocenters. The molecular weight excluding hydrogens is 138 g/mol. The fourth-order valence-corrected chi connectivity index (χ4v) is 1.07. The Bertz CT molecular complexity index is 121. The maximum absolute atomic E-state index is 10.7. The smallest absolute Gasteiger partial charge is 0.137 e. The van der Waals surface area contributed by atoms with Crippen LogP contribution in [0.15, 0.2) is 0 Å². The molecule has 0 aliphatic heterocycles. The minimum Gasteiger partial charge on any atom is -0.302 e. The van der Waals surface area contributed by atoms with Gasteiger partial charge in [-0.3, -0.25) is 4.90 Å². The summed E-state index contributed by atoms with van der Waals surface area (Å²) in [4.78, 5) is 12.7. The van der Waals surface area contributed by atoms with Crippen molar-refractivity contribution in [2.45, 2.75) is 39.8 Å². The Morgan fingerprint density at radius 1 is 1.18 bits per heavy atom. The van der Waals surface area contributed by atoms with E-state index in [1.807, 2.05) is 7.05 Å². The summed E-state index contributed by atoms with van der Waals surface area (Å²) >= 11 is 0. The number of carbonyl (C=O) groups excluding carboxylic acids is 1. The highest BCUT2D eigenvalue weighted by molar-refractivity contribution is 5.57. The molecule has 0 saturated carbocycles. The van der Waals surface area contributed by atoms with Crippen LogP contribution in [0.4, 0.5) is 0 Å². The lowest BCUT2D eigenvalue weighted by molar-refractivity contribution is -0.113. The first-order valence-electron chi connectivity index (χ1n) is 4.18. The van der Waals surface area contributed by atoms with Gasteiger partial charge >= 0.3 is 0 Å². The van der Waals surface area contributed by atoms with Gasteiger partial charge < -0.3 is 4.79 Å². The van der Waals surface area contributed by atoms with Crippen LogP contribution in [0.2, 0.25) is 0 Å². The van der Waals surface area contributed by atoms with Crippen molar-refractivity contribution in [2.24, 2.45) is 5.92 Å². The third-order valence-electron chi connectivity index (χ3n) is 2.11. The van der Waals surface area contributed by atoms with E-state index in [4.69, 9.17) is 0 Å². The normalized spacial score (nSPS) is 14.5. The van der Waals surface area contributed by atoms with Gasteiger partial charge in [-0.1, -0.05) is 13.8 Å². The largest absolute Gasteiger partial charge is 0.302 e. The maximum atomic E-state index is 10.7. The fraction of sp³-hybridized carbons (Fsp3) is 0.889. The van der Waals surface area contributed by atoms with Crippen molar-refractivity contribution >= 4 is 6.29 Å². The summed E-state index contributed by atoms with van der Waals surface area (Å²) in [6.45, 7) is 8.33.